The van der Waals surface area contributed by atoms with Gasteiger partial charge < -0.3 is 0 Å². The fraction of sp³-hybridized carbons (Fsp3) is 0.214. The number of nitriles is 4. The Morgan fingerprint density at radius 2 is 0.654 bits per heavy atom. The van der Waals surface area contributed by atoms with Crippen molar-refractivity contribution in [2.24, 2.45) is 0 Å². The van der Waals surface area contributed by atoms with Gasteiger partial charge in [0.1, 0.15) is 46.8 Å². The maximum Gasteiger partial charge on any atom is 0.433 e. The minimum Gasteiger partial charge on any atom is -0.238 e. The second-order valence-electron chi connectivity index (χ2n) is 9.68. The fourth-order valence-corrected chi connectivity index (χ4v) is 4.54. The Labute approximate surface area is 274 Å². The first-order valence-electron chi connectivity index (χ1n) is 12.5. The smallest absolute Gasteiger partial charge is 0.238 e. The van der Waals surface area contributed by atoms with Crippen LogP contribution in [0.3, 0.4) is 0 Å². The second kappa shape index (κ2) is 12.9. The van der Waals surface area contributed by atoms with E-state index in [1.807, 2.05) is 9.97 Å². The Morgan fingerprint density at radius 3 is 0.846 bits per heavy atom. The molecule has 0 aliphatic heterocycles. The quantitative estimate of drug-likeness (QED) is 0.242. The summed E-state index contributed by atoms with van der Waals surface area (Å²) < 4.78 is 251. The number of nitrogens with zero attached hydrogens (tertiary/aromatic N) is 6. The number of alkyl halides is 18. The van der Waals surface area contributed by atoms with Crippen molar-refractivity contribution < 1.29 is 79.0 Å². The van der Waals surface area contributed by atoms with Gasteiger partial charge in [0.15, 0.2) is 11.4 Å². The average Bonchev–Trinajstić information content (AvgIpc) is 2.98. The van der Waals surface area contributed by atoms with E-state index in [9.17, 15) is 100 Å². The van der Waals surface area contributed by atoms with Gasteiger partial charge in [-0.15, -0.1) is 0 Å². The number of benzene rings is 1. The van der Waals surface area contributed by atoms with Crippen LogP contribution in [-0.4, -0.2) is 9.97 Å². The van der Waals surface area contributed by atoms with Crippen LogP contribution in [0, 0.1) is 45.3 Å². The molecule has 0 aliphatic carbocycles. The summed E-state index contributed by atoms with van der Waals surface area (Å²) in [4.78, 5) is 3.96. The van der Waals surface area contributed by atoms with Crippen molar-refractivity contribution in [1.29, 1.82) is 21.0 Å². The molecule has 0 fully saturated rings. The summed E-state index contributed by atoms with van der Waals surface area (Å²) in [5.74, 6) is 0. The Balaban J connectivity index is 3.00. The number of rotatable bonds is 2. The van der Waals surface area contributed by atoms with Crippen molar-refractivity contribution >= 4 is 11.1 Å². The fourth-order valence-electron chi connectivity index (χ4n) is 4.54. The normalized spacial score (nSPS) is 12.7. The van der Waals surface area contributed by atoms with E-state index in [-0.39, 0.29) is 12.1 Å². The third-order valence-electron chi connectivity index (χ3n) is 6.45. The zero-order valence-electron chi connectivity index (χ0n) is 23.8. The molecule has 2 heterocycles. The van der Waals surface area contributed by atoms with Crippen molar-refractivity contribution in [3.05, 3.63) is 68.6 Å². The summed E-state index contributed by atoms with van der Waals surface area (Å²) in [5.41, 5.74) is -30.1. The number of aromatic nitrogens is 2. The molecule has 3 aromatic rings. The van der Waals surface area contributed by atoms with E-state index in [1.165, 1.54) is 0 Å². The van der Waals surface area contributed by atoms with Gasteiger partial charge in [0.2, 0.25) is 0 Å². The SMILES string of the molecule is N#CC(C#N)=c1cc(-c2cc(C(F)(F)F)nc(C(F)(F)F)c2C(F)(F)F)c(=C(C#N)C#N)cc1-c1cc(C(F)(F)F)nc(C(F)(F)F)c1C(F)(F)F. The molecule has 0 saturated carbocycles. The van der Waals surface area contributed by atoms with Crippen molar-refractivity contribution in [2.45, 2.75) is 37.1 Å². The molecule has 0 radical (unpaired) electrons. The molecule has 52 heavy (non-hydrogen) atoms. The zero-order valence-corrected chi connectivity index (χ0v) is 23.8. The molecule has 2 aromatic heterocycles. The summed E-state index contributed by atoms with van der Waals surface area (Å²) in [5, 5.41) is 34.4. The number of pyridine rings is 2. The van der Waals surface area contributed by atoms with E-state index in [0.717, 1.165) is 24.3 Å². The lowest BCUT2D eigenvalue weighted by atomic mass is 9.88. The summed E-state index contributed by atoms with van der Waals surface area (Å²) in [6.07, 6.45) is -37.6. The molecular formula is C28H4F18N6. The Bertz CT molecular complexity index is 2070. The van der Waals surface area contributed by atoms with Gasteiger partial charge in [0.25, 0.3) is 0 Å². The first-order valence-corrected chi connectivity index (χ1v) is 12.5. The van der Waals surface area contributed by atoms with Gasteiger partial charge in [-0.25, -0.2) is 9.97 Å². The first kappa shape index (κ1) is 40.4. The molecule has 272 valence electrons. The molecule has 0 N–H and O–H groups in total. The van der Waals surface area contributed by atoms with Gasteiger partial charge in [0, 0.05) is 10.4 Å². The van der Waals surface area contributed by atoms with Crippen LogP contribution in [-0.2, 0) is 37.1 Å². The predicted octanol–water partition coefficient (Wildman–Crippen LogP) is 8.32. The summed E-state index contributed by atoms with van der Waals surface area (Å²) in [6.45, 7) is 0. The molecule has 3 rings (SSSR count). The molecule has 0 saturated heterocycles. The van der Waals surface area contributed by atoms with Gasteiger partial charge in [-0.1, -0.05) is 0 Å². The van der Waals surface area contributed by atoms with E-state index < -0.39 is 127 Å². The monoisotopic (exact) mass is 766 g/mol. The molecule has 0 atom stereocenters. The topological polar surface area (TPSA) is 121 Å². The second-order valence-corrected chi connectivity index (χ2v) is 9.68. The molecular weight excluding hydrogens is 762 g/mol. The summed E-state index contributed by atoms with van der Waals surface area (Å²) >= 11 is 0. The molecule has 0 bridgehead atoms. The first-order chi connectivity index (χ1) is 23.4. The van der Waals surface area contributed by atoms with Crippen LogP contribution in [0.5, 0.6) is 0 Å². The van der Waals surface area contributed by atoms with E-state index >= 15 is 0 Å². The predicted molar refractivity (Wildman–Crippen MR) is 131 cm³/mol. The third-order valence-corrected chi connectivity index (χ3v) is 6.45. The molecule has 1 aromatic carbocycles. The summed E-state index contributed by atoms with van der Waals surface area (Å²) in [7, 11) is 0. The summed E-state index contributed by atoms with van der Waals surface area (Å²) in [6, 6.07) is 1.43. The van der Waals surface area contributed by atoms with Crippen molar-refractivity contribution in [1.82, 2.24) is 9.97 Å². The van der Waals surface area contributed by atoms with Crippen molar-refractivity contribution in [3.63, 3.8) is 0 Å². The largest absolute Gasteiger partial charge is 0.433 e. The van der Waals surface area contributed by atoms with Crippen LogP contribution in [0.4, 0.5) is 79.0 Å². The van der Waals surface area contributed by atoms with Crippen molar-refractivity contribution in [2.75, 3.05) is 0 Å². The van der Waals surface area contributed by atoms with Gasteiger partial charge in [-0.2, -0.15) is 100 Å². The highest BCUT2D eigenvalue weighted by molar-refractivity contribution is 5.87. The van der Waals surface area contributed by atoms with Gasteiger partial charge >= 0.3 is 37.1 Å². The molecule has 6 nitrogen and oxygen atoms in total. The molecule has 24 heteroatoms. The Morgan fingerprint density at radius 1 is 0.385 bits per heavy atom. The van der Waals surface area contributed by atoms with Gasteiger partial charge in [-0.05, 0) is 46.5 Å². The lowest BCUT2D eigenvalue weighted by Gasteiger charge is -2.23. The minimum absolute atomic E-state index is 0.299. The third kappa shape index (κ3) is 7.80. The number of halogens is 18. The molecule has 0 amide bonds. The molecule has 0 unspecified atom stereocenters. The van der Waals surface area contributed by atoms with Crippen LogP contribution in [0.25, 0.3) is 33.4 Å². The zero-order chi connectivity index (χ0) is 40.2. The van der Waals surface area contributed by atoms with E-state index in [2.05, 4.69) is 0 Å². The average molecular weight is 766 g/mol. The Hall–Kier alpha value is -6.04. The van der Waals surface area contributed by atoms with Crippen LogP contribution in [0.1, 0.15) is 33.9 Å². The van der Waals surface area contributed by atoms with Crippen LogP contribution in [0.2, 0.25) is 0 Å². The highest BCUT2D eigenvalue weighted by atomic mass is 19.4. The minimum atomic E-state index is -6.40. The van der Waals surface area contributed by atoms with Crippen LogP contribution < -0.4 is 10.4 Å². The lowest BCUT2D eigenvalue weighted by molar-refractivity contribution is -0.167. The highest BCUT2D eigenvalue weighted by Gasteiger charge is 2.51. The standard InChI is InChI=1S/C28H4F18N6/c29-23(30,31)17-3-15(19(25(35,36)37)21(51-17)27(41,42)43)13-1-11(9(5-47)6-48)14(2-12(13)10(7-49)8-50)16-4-18(24(32,33)34)52-22(28(44,45)46)20(16)26(38,39)40/h1-4H. The number of hydrogen-bond donors (Lipinski definition) is 0. The van der Waals surface area contributed by atoms with Gasteiger partial charge in [-0.3, -0.25) is 0 Å². The van der Waals surface area contributed by atoms with Crippen LogP contribution in [0.15, 0.2) is 24.3 Å². The Kier molecular flexibility index (Phi) is 10.0. The maximum absolute atomic E-state index is 14.3. The van der Waals surface area contributed by atoms with E-state index in [1.54, 1.807) is 0 Å². The lowest BCUT2D eigenvalue weighted by Crippen LogP contribution is -2.27. The van der Waals surface area contributed by atoms with E-state index in [4.69, 9.17) is 0 Å². The molecule has 0 spiro atoms. The van der Waals surface area contributed by atoms with Crippen LogP contribution >= 0.6 is 0 Å². The molecule has 0 aliphatic rings. The maximum atomic E-state index is 14.3. The number of hydrogen-bond acceptors (Lipinski definition) is 6. The highest BCUT2D eigenvalue weighted by Crippen LogP contribution is 2.48. The van der Waals surface area contributed by atoms with E-state index in [0.29, 0.717) is 0 Å². The van der Waals surface area contributed by atoms with Gasteiger partial charge in [0.05, 0.1) is 11.1 Å². The van der Waals surface area contributed by atoms with Crippen molar-refractivity contribution in [3.8, 4) is 46.5 Å².